The molecule has 0 amide bonds. The van der Waals surface area contributed by atoms with Crippen molar-refractivity contribution in [1.29, 1.82) is 0 Å². The average molecular weight is 321 g/mol. The molecule has 1 rings (SSSR count). The van der Waals surface area contributed by atoms with E-state index in [2.05, 4.69) is 20.7 Å². The van der Waals surface area contributed by atoms with Gasteiger partial charge in [-0.1, -0.05) is 6.92 Å². The van der Waals surface area contributed by atoms with Crippen molar-refractivity contribution in [2.24, 2.45) is 0 Å². The Morgan fingerprint density at radius 3 is 2.59 bits per heavy atom. The third-order valence-electron chi connectivity index (χ3n) is 2.55. The van der Waals surface area contributed by atoms with E-state index in [1.54, 1.807) is 13.0 Å². The molecule has 1 unspecified atom stereocenters. The SMILES string of the molecule is CCC(C)NS(=O)(=O)c1cc(N)c(Br)cc1C. The predicted molar refractivity (Wildman–Crippen MR) is 73.4 cm³/mol. The average Bonchev–Trinajstić information content (AvgIpc) is 2.22. The number of benzene rings is 1. The van der Waals surface area contributed by atoms with Crippen molar-refractivity contribution in [3.8, 4) is 0 Å². The molecule has 0 bridgehead atoms. The van der Waals surface area contributed by atoms with Crippen molar-refractivity contribution in [3.05, 3.63) is 22.2 Å². The highest BCUT2D eigenvalue weighted by molar-refractivity contribution is 9.10. The summed E-state index contributed by atoms with van der Waals surface area (Å²) in [5.41, 5.74) is 6.80. The van der Waals surface area contributed by atoms with E-state index in [-0.39, 0.29) is 10.9 Å². The quantitative estimate of drug-likeness (QED) is 0.837. The summed E-state index contributed by atoms with van der Waals surface area (Å²) in [6, 6.07) is 3.09. The second-order valence-electron chi connectivity index (χ2n) is 4.07. The number of hydrogen-bond acceptors (Lipinski definition) is 3. The van der Waals surface area contributed by atoms with Gasteiger partial charge in [0.05, 0.1) is 4.90 Å². The van der Waals surface area contributed by atoms with Gasteiger partial charge in [-0.3, -0.25) is 0 Å². The number of aryl methyl sites for hydroxylation is 1. The molecule has 3 N–H and O–H groups in total. The molecule has 96 valence electrons. The van der Waals surface area contributed by atoms with Gasteiger partial charge in [-0.15, -0.1) is 0 Å². The summed E-state index contributed by atoms with van der Waals surface area (Å²) in [4.78, 5) is 0.235. The van der Waals surface area contributed by atoms with Gasteiger partial charge in [-0.25, -0.2) is 13.1 Å². The Kier molecular flexibility index (Phi) is 4.57. The first-order valence-electron chi connectivity index (χ1n) is 5.36. The Bertz CT molecular complexity index is 514. The topological polar surface area (TPSA) is 72.2 Å². The molecule has 0 heterocycles. The molecule has 6 heteroatoms. The standard InChI is InChI=1S/C11H17BrN2O2S/c1-4-8(3)14-17(15,16)11-6-10(13)9(12)5-7(11)2/h5-6,8,14H,4,13H2,1-3H3. The summed E-state index contributed by atoms with van der Waals surface area (Å²) < 4.78 is 27.5. The molecule has 1 aromatic rings. The molecule has 0 saturated heterocycles. The van der Waals surface area contributed by atoms with E-state index >= 15 is 0 Å². The van der Waals surface area contributed by atoms with Gasteiger partial charge >= 0.3 is 0 Å². The lowest BCUT2D eigenvalue weighted by Crippen LogP contribution is -2.32. The minimum atomic E-state index is -3.49. The maximum Gasteiger partial charge on any atom is 0.241 e. The summed E-state index contributed by atoms with van der Waals surface area (Å²) in [6.07, 6.45) is 0.740. The van der Waals surface area contributed by atoms with E-state index in [0.29, 0.717) is 15.7 Å². The number of hydrogen-bond donors (Lipinski definition) is 2. The number of sulfonamides is 1. The number of halogens is 1. The van der Waals surface area contributed by atoms with Crippen molar-refractivity contribution < 1.29 is 8.42 Å². The Morgan fingerprint density at radius 1 is 1.47 bits per heavy atom. The van der Waals surface area contributed by atoms with Gasteiger partial charge in [-0.2, -0.15) is 0 Å². The Hall–Kier alpha value is -0.590. The summed E-state index contributed by atoms with van der Waals surface area (Å²) in [5.74, 6) is 0. The first-order chi connectivity index (χ1) is 7.77. The highest BCUT2D eigenvalue weighted by Gasteiger charge is 2.19. The van der Waals surface area contributed by atoms with Gasteiger partial charge in [0, 0.05) is 16.2 Å². The lowest BCUT2D eigenvalue weighted by atomic mass is 10.2. The molecule has 0 aliphatic carbocycles. The molecule has 0 aromatic heterocycles. The molecule has 4 nitrogen and oxygen atoms in total. The molecular weight excluding hydrogens is 304 g/mol. The fourth-order valence-electron chi connectivity index (χ4n) is 1.37. The summed E-state index contributed by atoms with van der Waals surface area (Å²) in [5, 5.41) is 0. The number of nitrogens with one attached hydrogen (secondary N) is 1. The van der Waals surface area contributed by atoms with Gasteiger partial charge in [-0.05, 0) is 53.9 Å². The van der Waals surface area contributed by atoms with E-state index in [1.807, 2.05) is 13.8 Å². The van der Waals surface area contributed by atoms with Crippen LogP contribution in [0.4, 0.5) is 5.69 Å². The van der Waals surface area contributed by atoms with Crippen LogP contribution in [0.2, 0.25) is 0 Å². The predicted octanol–water partition coefficient (Wildman–Crippen LogP) is 2.42. The molecule has 1 atom stereocenters. The lowest BCUT2D eigenvalue weighted by molar-refractivity contribution is 0.555. The molecule has 0 saturated carbocycles. The van der Waals surface area contributed by atoms with Crippen LogP contribution in [-0.2, 0) is 10.0 Å². The lowest BCUT2D eigenvalue weighted by Gasteiger charge is -2.14. The van der Waals surface area contributed by atoms with Crippen LogP contribution in [0.15, 0.2) is 21.5 Å². The Balaban J connectivity index is 3.20. The third kappa shape index (κ3) is 3.43. The Labute approximate surface area is 111 Å². The van der Waals surface area contributed by atoms with Crippen LogP contribution in [0.5, 0.6) is 0 Å². The maximum atomic E-state index is 12.1. The first kappa shape index (κ1) is 14.5. The highest BCUT2D eigenvalue weighted by Crippen LogP contribution is 2.26. The second-order valence-corrected chi connectivity index (χ2v) is 6.61. The summed E-state index contributed by atoms with van der Waals surface area (Å²) >= 11 is 3.27. The van der Waals surface area contributed by atoms with E-state index in [9.17, 15) is 8.42 Å². The molecule has 0 aliphatic rings. The van der Waals surface area contributed by atoms with Crippen LogP contribution in [0.25, 0.3) is 0 Å². The largest absolute Gasteiger partial charge is 0.398 e. The molecule has 17 heavy (non-hydrogen) atoms. The molecule has 0 radical (unpaired) electrons. The molecule has 0 fully saturated rings. The zero-order valence-electron chi connectivity index (χ0n) is 10.1. The summed E-state index contributed by atoms with van der Waals surface area (Å²) in [7, 11) is -3.49. The van der Waals surface area contributed by atoms with Crippen molar-refractivity contribution in [1.82, 2.24) is 4.72 Å². The van der Waals surface area contributed by atoms with Gasteiger partial charge in [0.1, 0.15) is 0 Å². The fourth-order valence-corrected chi connectivity index (χ4v) is 3.42. The van der Waals surface area contributed by atoms with Gasteiger partial charge in [0.2, 0.25) is 10.0 Å². The summed E-state index contributed by atoms with van der Waals surface area (Å²) in [6.45, 7) is 5.50. The van der Waals surface area contributed by atoms with Crippen LogP contribution in [-0.4, -0.2) is 14.5 Å². The molecule has 0 spiro atoms. The van der Waals surface area contributed by atoms with Crippen molar-refractivity contribution >= 4 is 31.6 Å². The minimum absolute atomic E-state index is 0.0933. The molecular formula is C11H17BrN2O2S. The van der Waals surface area contributed by atoms with Crippen LogP contribution < -0.4 is 10.5 Å². The van der Waals surface area contributed by atoms with Crippen molar-refractivity contribution in [2.45, 2.75) is 38.1 Å². The van der Waals surface area contributed by atoms with E-state index in [1.165, 1.54) is 6.07 Å². The number of nitrogen functional groups attached to an aromatic ring is 1. The van der Waals surface area contributed by atoms with Crippen LogP contribution in [0.1, 0.15) is 25.8 Å². The normalized spacial score (nSPS) is 13.6. The van der Waals surface area contributed by atoms with Gasteiger partial charge in [0.25, 0.3) is 0 Å². The highest BCUT2D eigenvalue weighted by atomic mass is 79.9. The van der Waals surface area contributed by atoms with Crippen LogP contribution >= 0.6 is 15.9 Å². The van der Waals surface area contributed by atoms with E-state index in [4.69, 9.17) is 5.73 Å². The van der Waals surface area contributed by atoms with Crippen molar-refractivity contribution in [3.63, 3.8) is 0 Å². The van der Waals surface area contributed by atoms with Crippen LogP contribution in [0.3, 0.4) is 0 Å². The molecule has 0 aliphatic heterocycles. The maximum absolute atomic E-state index is 12.1. The van der Waals surface area contributed by atoms with Crippen molar-refractivity contribution in [2.75, 3.05) is 5.73 Å². The van der Waals surface area contributed by atoms with Gasteiger partial charge in [0.15, 0.2) is 0 Å². The third-order valence-corrected chi connectivity index (χ3v) is 4.97. The number of anilines is 1. The van der Waals surface area contributed by atoms with E-state index < -0.39 is 10.0 Å². The number of nitrogens with two attached hydrogens (primary N) is 1. The second kappa shape index (κ2) is 5.37. The monoisotopic (exact) mass is 320 g/mol. The Morgan fingerprint density at radius 2 is 2.06 bits per heavy atom. The zero-order valence-corrected chi connectivity index (χ0v) is 12.5. The first-order valence-corrected chi connectivity index (χ1v) is 7.63. The van der Waals surface area contributed by atoms with Gasteiger partial charge < -0.3 is 5.73 Å². The number of rotatable bonds is 4. The van der Waals surface area contributed by atoms with E-state index in [0.717, 1.165) is 6.42 Å². The molecule has 1 aromatic carbocycles. The smallest absolute Gasteiger partial charge is 0.241 e. The minimum Gasteiger partial charge on any atom is -0.398 e. The zero-order chi connectivity index (χ0) is 13.2. The van der Waals surface area contributed by atoms with Crippen LogP contribution in [0, 0.1) is 6.92 Å². The fraction of sp³-hybridized carbons (Fsp3) is 0.455.